The van der Waals surface area contributed by atoms with Crippen molar-refractivity contribution in [3.8, 4) is 0 Å². The highest BCUT2D eigenvalue weighted by Crippen LogP contribution is 2.21. The van der Waals surface area contributed by atoms with Gasteiger partial charge >= 0.3 is 5.97 Å². The molecule has 2 unspecified atom stereocenters. The maximum absolute atomic E-state index is 12.5. The normalized spacial score (nSPS) is 12.5. The number of aliphatic hydroxyl groups is 2. The number of unbranched alkanes of at least 4 members (excludes halogenated alkanes) is 67. The molecule has 3 N–H and O–H groups in total. The number of ether oxygens (including phenoxy) is 1. The number of hydrogen-bond donors (Lipinski definition) is 3. The van der Waals surface area contributed by atoms with Crippen LogP contribution in [0.3, 0.4) is 0 Å². The molecule has 0 saturated heterocycles. The minimum absolute atomic E-state index is 0.0276. The van der Waals surface area contributed by atoms with Gasteiger partial charge in [0.05, 0.1) is 25.4 Å². The van der Waals surface area contributed by atoms with E-state index in [0.29, 0.717) is 19.4 Å². The summed E-state index contributed by atoms with van der Waals surface area (Å²) in [6, 6.07) is -0.624. The molecule has 0 aromatic heterocycles. The number of nitrogens with one attached hydrogen (secondary N) is 1. The minimum atomic E-state index is -0.841. The molecule has 0 aliphatic carbocycles. The molecular formula is C82H161NO5. The number of hydrogen-bond acceptors (Lipinski definition) is 5. The standard InChI is InChI=1S/C82H161NO5/c1-3-5-7-9-11-13-15-17-19-21-38-42-46-50-54-58-62-66-70-74-80(85)79(78-84)83-81(86)75-71-67-63-59-55-51-47-43-40-36-34-32-30-28-26-24-23-25-27-29-31-33-35-37-41-45-49-53-57-61-65-69-73-77-88-82(87)76-72-68-64-60-56-52-48-44-39-22-20-18-16-14-12-10-8-6-4-2/h70,74,79-80,84-85H,3-69,71-73,75-78H2,1-2H3,(H,83,86)/b74-70+. The lowest BCUT2D eigenvalue weighted by molar-refractivity contribution is -0.143. The topological polar surface area (TPSA) is 95.9 Å². The number of carbonyl (C=O) groups is 2. The van der Waals surface area contributed by atoms with E-state index in [1.54, 1.807) is 6.08 Å². The first-order valence-electron chi connectivity index (χ1n) is 41.0. The fourth-order valence-corrected chi connectivity index (χ4v) is 13.3. The zero-order valence-corrected chi connectivity index (χ0v) is 60.3. The highest BCUT2D eigenvalue weighted by molar-refractivity contribution is 5.76. The summed E-state index contributed by atoms with van der Waals surface area (Å²) in [6.07, 6.45) is 99.2. The second kappa shape index (κ2) is 78.0. The summed E-state index contributed by atoms with van der Waals surface area (Å²) in [5.41, 5.74) is 0. The van der Waals surface area contributed by atoms with Crippen molar-refractivity contribution in [2.45, 2.75) is 488 Å². The third-order valence-electron chi connectivity index (χ3n) is 19.6. The lowest BCUT2D eigenvalue weighted by atomic mass is 10.0. The molecule has 88 heavy (non-hydrogen) atoms. The van der Waals surface area contributed by atoms with E-state index in [2.05, 4.69) is 19.2 Å². The fraction of sp³-hybridized carbons (Fsp3) is 0.951. The van der Waals surface area contributed by atoms with Gasteiger partial charge in [0.15, 0.2) is 0 Å². The Kier molecular flexibility index (Phi) is 76.8. The predicted molar refractivity (Wildman–Crippen MR) is 389 cm³/mol. The number of aliphatic hydroxyl groups excluding tert-OH is 2. The van der Waals surface area contributed by atoms with Crippen molar-refractivity contribution >= 4 is 11.9 Å². The summed E-state index contributed by atoms with van der Waals surface area (Å²) in [4.78, 5) is 24.7. The lowest BCUT2D eigenvalue weighted by Gasteiger charge is -2.20. The first-order valence-corrected chi connectivity index (χ1v) is 41.0. The molecule has 1 amide bonds. The first kappa shape index (κ1) is 86.6. The molecule has 0 rings (SSSR count). The minimum Gasteiger partial charge on any atom is -0.466 e. The van der Waals surface area contributed by atoms with Crippen LogP contribution in [0.15, 0.2) is 12.2 Å². The molecule has 0 bridgehead atoms. The zero-order chi connectivity index (χ0) is 63.5. The summed E-state index contributed by atoms with van der Waals surface area (Å²) < 4.78 is 5.53. The Balaban J connectivity index is 3.31. The molecular weight excluding hydrogens is 1080 g/mol. The van der Waals surface area contributed by atoms with Crippen molar-refractivity contribution in [3.05, 3.63) is 12.2 Å². The Labute approximate surface area is 552 Å². The van der Waals surface area contributed by atoms with Gasteiger partial charge in [-0.2, -0.15) is 0 Å². The summed E-state index contributed by atoms with van der Waals surface area (Å²) >= 11 is 0. The third-order valence-corrected chi connectivity index (χ3v) is 19.6. The van der Waals surface area contributed by atoms with Crippen LogP contribution in [0.5, 0.6) is 0 Å². The summed E-state index contributed by atoms with van der Waals surface area (Å²) in [5.74, 6) is -0.0306. The average molecular weight is 1240 g/mol. The van der Waals surface area contributed by atoms with Crippen molar-refractivity contribution in [3.63, 3.8) is 0 Å². The molecule has 0 aliphatic rings. The van der Waals surface area contributed by atoms with Gasteiger partial charge in [0.25, 0.3) is 0 Å². The number of rotatable bonds is 78. The van der Waals surface area contributed by atoms with E-state index in [-0.39, 0.29) is 18.5 Å². The van der Waals surface area contributed by atoms with Crippen molar-refractivity contribution in [1.82, 2.24) is 5.32 Å². The fourth-order valence-electron chi connectivity index (χ4n) is 13.3. The Bertz CT molecular complexity index is 1340. The number of esters is 1. The quantitative estimate of drug-likeness (QED) is 0.0320. The van der Waals surface area contributed by atoms with Crippen molar-refractivity contribution in [1.29, 1.82) is 0 Å². The largest absolute Gasteiger partial charge is 0.466 e. The van der Waals surface area contributed by atoms with Gasteiger partial charge in [-0.3, -0.25) is 9.59 Å². The second-order valence-electron chi connectivity index (χ2n) is 28.5. The van der Waals surface area contributed by atoms with Gasteiger partial charge in [0, 0.05) is 12.8 Å². The van der Waals surface area contributed by atoms with Gasteiger partial charge < -0.3 is 20.3 Å². The predicted octanol–water partition coefficient (Wildman–Crippen LogP) is 27.1. The van der Waals surface area contributed by atoms with Gasteiger partial charge in [-0.25, -0.2) is 0 Å². The molecule has 0 aromatic rings. The van der Waals surface area contributed by atoms with E-state index >= 15 is 0 Å². The highest BCUT2D eigenvalue weighted by Gasteiger charge is 2.18. The van der Waals surface area contributed by atoms with Crippen LogP contribution in [0.2, 0.25) is 0 Å². The molecule has 0 aromatic carbocycles. The summed E-state index contributed by atoms with van der Waals surface area (Å²) in [6.45, 7) is 4.97. The van der Waals surface area contributed by atoms with Gasteiger partial charge in [-0.15, -0.1) is 0 Å². The van der Waals surface area contributed by atoms with E-state index in [1.807, 2.05) is 6.08 Å². The van der Waals surface area contributed by atoms with Gasteiger partial charge in [-0.05, 0) is 32.1 Å². The van der Waals surface area contributed by atoms with Crippen LogP contribution in [0, 0.1) is 0 Å². The Morgan fingerprint density at radius 2 is 0.523 bits per heavy atom. The summed E-state index contributed by atoms with van der Waals surface area (Å²) in [7, 11) is 0. The van der Waals surface area contributed by atoms with Crippen LogP contribution in [-0.2, 0) is 14.3 Å². The average Bonchev–Trinajstić information content (AvgIpc) is 3.58. The smallest absolute Gasteiger partial charge is 0.305 e. The highest BCUT2D eigenvalue weighted by atomic mass is 16.5. The Morgan fingerprint density at radius 1 is 0.307 bits per heavy atom. The number of allylic oxidation sites excluding steroid dienone is 1. The maximum Gasteiger partial charge on any atom is 0.305 e. The van der Waals surface area contributed by atoms with E-state index in [4.69, 9.17) is 4.74 Å². The molecule has 2 atom stereocenters. The van der Waals surface area contributed by atoms with Crippen molar-refractivity contribution < 1.29 is 24.5 Å². The van der Waals surface area contributed by atoms with Crippen LogP contribution in [0.25, 0.3) is 0 Å². The van der Waals surface area contributed by atoms with Crippen molar-refractivity contribution in [2.24, 2.45) is 0 Å². The monoisotopic (exact) mass is 1240 g/mol. The third kappa shape index (κ3) is 73.6. The zero-order valence-electron chi connectivity index (χ0n) is 60.3. The molecule has 0 radical (unpaired) electrons. The molecule has 0 saturated carbocycles. The Morgan fingerprint density at radius 3 is 0.773 bits per heavy atom. The van der Waals surface area contributed by atoms with E-state index < -0.39 is 12.1 Å². The maximum atomic E-state index is 12.5. The molecule has 524 valence electrons. The van der Waals surface area contributed by atoms with Gasteiger partial charge in [0.2, 0.25) is 5.91 Å². The van der Waals surface area contributed by atoms with Crippen LogP contribution in [0.4, 0.5) is 0 Å². The molecule has 0 aliphatic heterocycles. The first-order chi connectivity index (χ1) is 43.5. The van der Waals surface area contributed by atoms with Crippen molar-refractivity contribution in [2.75, 3.05) is 13.2 Å². The molecule has 6 heteroatoms. The van der Waals surface area contributed by atoms with E-state index in [0.717, 1.165) is 38.5 Å². The molecule has 6 nitrogen and oxygen atoms in total. The van der Waals surface area contributed by atoms with Crippen LogP contribution >= 0.6 is 0 Å². The Hall–Kier alpha value is -1.40. The van der Waals surface area contributed by atoms with Gasteiger partial charge in [-0.1, -0.05) is 443 Å². The van der Waals surface area contributed by atoms with E-state index in [1.165, 1.54) is 411 Å². The number of amides is 1. The number of carbonyl (C=O) groups excluding carboxylic acids is 2. The van der Waals surface area contributed by atoms with Gasteiger partial charge in [0.1, 0.15) is 0 Å². The SMILES string of the molecule is CCCCCCCCCCCCCCCCCCC/C=C/C(O)C(CO)NC(=O)CCCCCCCCCCCCCCCCCCCCCCCCCCCCCCCCCCCOC(=O)CCCCCCCCCCCCCCCCCCCCC. The molecule has 0 spiro atoms. The second-order valence-corrected chi connectivity index (χ2v) is 28.5. The van der Waals surface area contributed by atoms with E-state index in [9.17, 15) is 19.8 Å². The lowest BCUT2D eigenvalue weighted by Crippen LogP contribution is -2.45. The van der Waals surface area contributed by atoms with Crippen LogP contribution in [0.1, 0.15) is 476 Å². The molecule has 0 heterocycles. The van der Waals surface area contributed by atoms with Crippen LogP contribution < -0.4 is 5.32 Å². The summed E-state index contributed by atoms with van der Waals surface area (Å²) in [5, 5.41) is 23.3. The van der Waals surface area contributed by atoms with Crippen LogP contribution in [-0.4, -0.2) is 47.4 Å². The molecule has 0 fully saturated rings.